The number of amides is 2. The van der Waals surface area contributed by atoms with E-state index in [1.165, 1.54) is 12.5 Å². The van der Waals surface area contributed by atoms with Crippen LogP contribution in [0.3, 0.4) is 0 Å². The normalized spacial score (nSPS) is 10.3. The molecule has 3 rings (SSSR count). The Morgan fingerprint density at radius 1 is 0.931 bits per heavy atom. The number of hydrogen-bond acceptors (Lipinski definition) is 3. The van der Waals surface area contributed by atoms with Crippen LogP contribution in [0.2, 0.25) is 0 Å². The largest absolute Gasteiger partial charge is 0.493 e. The van der Waals surface area contributed by atoms with Gasteiger partial charge in [-0.25, -0.2) is 0 Å². The van der Waals surface area contributed by atoms with Crippen molar-refractivity contribution < 1.29 is 14.3 Å². The molecule has 0 saturated carbocycles. The van der Waals surface area contributed by atoms with Gasteiger partial charge in [0.15, 0.2) is 0 Å². The molecule has 0 bridgehead atoms. The summed E-state index contributed by atoms with van der Waals surface area (Å²) in [6.45, 7) is 2.05. The first-order chi connectivity index (χ1) is 14.0. The van der Waals surface area contributed by atoms with Gasteiger partial charge in [0.2, 0.25) is 5.91 Å². The summed E-state index contributed by atoms with van der Waals surface area (Å²) in [5.74, 6) is 0.393. The lowest BCUT2D eigenvalue weighted by atomic mass is 10.1. The maximum absolute atomic E-state index is 12.6. The molecule has 0 aromatic heterocycles. The minimum Gasteiger partial charge on any atom is -0.493 e. The summed E-state index contributed by atoms with van der Waals surface area (Å²) in [4.78, 5) is 25.5. The number of nitrogens with zero attached hydrogens (tertiary/aromatic N) is 1. The van der Waals surface area contributed by atoms with Crippen LogP contribution >= 0.6 is 0 Å². The average Bonchev–Trinajstić information content (AvgIpc) is 2.74. The van der Waals surface area contributed by atoms with E-state index in [1.54, 1.807) is 54.4 Å². The fraction of sp³-hybridized carbons (Fsp3) is 0.167. The van der Waals surface area contributed by atoms with Crippen molar-refractivity contribution in [2.24, 2.45) is 0 Å². The Morgan fingerprint density at radius 2 is 1.66 bits per heavy atom. The van der Waals surface area contributed by atoms with Crippen molar-refractivity contribution in [3.05, 3.63) is 90.0 Å². The summed E-state index contributed by atoms with van der Waals surface area (Å²) >= 11 is 0. The predicted molar refractivity (Wildman–Crippen MR) is 116 cm³/mol. The molecule has 1 N–H and O–H groups in total. The van der Waals surface area contributed by atoms with Crippen molar-refractivity contribution in [3.63, 3.8) is 0 Å². The molecule has 0 atom stereocenters. The first kappa shape index (κ1) is 20.1. The third-order valence-corrected chi connectivity index (χ3v) is 4.58. The van der Waals surface area contributed by atoms with Crippen molar-refractivity contribution in [2.45, 2.75) is 13.3 Å². The van der Waals surface area contributed by atoms with E-state index in [9.17, 15) is 9.59 Å². The molecule has 148 valence electrons. The smallest absolute Gasteiger partial charge is 0.255 e. The van der Waals surface area contributed by atoms with Gasteiger partial charge in [-0.1, -0.05) is 36.4 Å². The van der Waals surface area contributed by atoms with E-state index in [4.69, 9.17) is 4.74 Å². The zero-order valence-electron chi connectivity index (χ0n) is 16.6. The Bertz CT molecular complexity index is 969. The van der Waals surface area contributed by atoms with E-state index in [0.717, 1.165) is 12.1 Å². The highest BCUT2D eigenvalue weighted by molar-refractivity contribution is 6.04. The Labute approximate surface area is 170 Å². The SMILES string of the molecule is CC(=O)N(C)c1ccc(NC(=O)c2cccc(OCCc3ccccc3)c2)cc1. The Morgan fingerprint density at radius 3 is 2.34 bits per heavy atom. The van der Waals surface area contributed by atoms with Gasteiger partial charge in [-0.15, -0.1) is 0 Å². The first-order valence-electron chi connectivity index (χ1n) is 9.45. The molecule has 0 heterocycles. The molecule has 0 aliphatic rings. The number of carbonyl (C=O) groups excluding carboxylic acids is 2. The highest BCUT2D eigenvalue weighted by Gasteiger charge is 2.09. The molecule has 0 radical (unpaired) electrons. The molecule has 2 amide bonds. The molecule has 0 saturated heterocycles. The molecule has 0 aliphatic heterocycles. The van der Waals surface area contributed by atoms with Gasteiger partial charge >= 0.3 is 0 Å². The summed E-state index contributed by atoms with van der Waals surface area (Å²) in [5, 5.41) is 2.86. The lowest BCUT2D eigenvalue weighted by molar-refractivity contribution is -0.116. The molecule has 5 nitrogen and oxygen atoms in total. The van der Waals surface area contributed by atoms with E-state index >= 15 is 0 Å². The van der Waals surface area contributed by atoms with E-state index in [1.807, 2.05) is 24.3 Å². The van der Waals surface area contributed by atoms with E-state index in [0.29, 0.717) is 23.6 Å². The number of rotatable bonds is 7. The minimum absolute atomic E-state index is 0.0501. The molecule has 0 aliphatic carbocycles. The molecule has 0 unspecified atom stereocenters. The van der Waals surface area contributed by atoms with Gasteiger partial charge in [-0.05, 0) is 48.0 Å². The third-order valence-electron chi connectivity index (χ3n) is 4.58. The number of carbonyl (C=O) groups is 2. The zero-order chi connectivity index (χ0) is 20.6. The summed E-state index contributed by atoms with van der Waals surface area (Å²) in [6, 6.07) is 24.4. The van der Waals surface area contributed by atoms with Gasteiger partial charge in [0.1, 0.15) is 5.75 Å². The fourth-order valence-corrected chi connectivity index (χ4v) is 2.81. The van der Waals surface area contributed by atoms with Crippen LogP contribution in [0.25, 0.3) is 0 Å². The first-order valence-corrected chi connectivity index (χ1v) is 9.45. The lowest BCUT2D eigenvalue weighted by Crippen LogP contribution is -2.22. The standard InChI is InChI=1S/C24H24N2O3/c1-18(27)26(2)22-13-11-21(12-14-22)25-24(28)20-9-6-10-23(17-20)29-16-15-19-7-4-3-5-8-19/h3-14,17H,15-16H2,1-2H3,(H,25,28). The quantitative estimate of drug-likeness (QED) is 0.646. The highest BCUT2D eigenvalue weighted by atomic mass is 16.5. The molecule has 0 fully saturated rings. The molecular weight excluding hydrogens is 364 g/mol. The third kappa shape index (κ3) is 5.69. The maximum Gasteiger partial charge on any atom is 0.255 e. The van der Waals surface area contributed by atoms with Crippen LogP contribution in [0.5, 0.6) is 5.75 Å². The van der Waals surface area contributed by atoms with Crippen molar-refractivity contribution in [2.75, 3.05) is 23.9 Å². The van der Waals surface area contributed by atoms with Crippen LogP contribution in [-0.4, -0.2) is 25.5 Å². The fourth-order valence-electron chi connectivity index (χ4n) is 2.81. The number of benzene rings is 3. The molecule has 29 heavy (non-hydrogen) atoms. The number of ether oxygens (including phenoxy) is 1. The summed E-state index contributed by atoms with van der Waals surface area (Å²) in [5.41, 5.74) is 3.16. The lowest BCUT2D eigenvalue weighted by Gasteiger charge is -2.15. The monoisotopic (exact) mass is 388 g/mol. The molecule has 3 aromatic rings. The number of hydrogen-bond donors (Lipinski definition) is 1. The number of anilines is 2. The van der Waals surface area contributed by atoms with Crippen LogP contribution in [0.4, 0.5) is 11.4 Å². The topological polar surface area (TPSA) is 58.6 Å². The zero-order valence-corrected chi connectivity index (χ0v) is 16.6. The summed E-state index contributed by atoms with van der Waals surface area (Å²) < 4.78 is 5.80. The van der Waals surface area contributed by atoms with Crippen molar-refractivity contribution in [1.82, 2.24) is 0 Å². The minimum atomic E-state index is -0.216. The van der Waals surface area contributed by atoms with Crippen LogP contribution < -0.4 is 15.0 Å². The second-order valence-corrected chi connectivity index (χ2v) is 6.69. The van der Waals surface area contributed by atoms with Crippen molar-refractivity contribution >= 4 is 23.2 Å². The van der Waals surface area contributed by atoms with Crippen LogP contribution in [0.1, 0.15) is 22.8 Å². The Kier molecular flexibility index (Phi) is 6.63. The van der Waals surface area contributed by atoms with Gasteiger partial charge in [0.25, 0.3) is 5.91 Å². The Hall–Kier alpha value is -3.60. The second-order valence-electron chi connectivity index (χ2n) is 6.69. The molecule has 0 spiro atoms. The van der Waals surface area contributed by atoms with Crippen molar-refractivity contribution in [1.29, 1.82) is 0 Å². The van der Waals surface area contributed by atoms with E-state index in [2.05, 4.69) is 17.4 Å². The van der Waals surface area contributed by atoms with Crippen molar-refractivity contribution in [3.8, 4) is 5.75 Å². The molecular formula is C24H24N2O3. The second kappa shape index (κ2) is 9.55. The van der Waals surface area contributed by atoms with Gasteiger partial charge in [-0.2, -0.15) is 0 Å². The average molecular weight is 388 g/mol. The predicted octanol–water partition coefficient (Wildman–Crippen LogP) is 4.54. The number of nitrogens with one attached hydrogen (secondary N) is 1. The van der Waals surface area contributed by atoms with Crippen LogP contribution in [0, 0.1) is 0 Å². The highest BCUT2D eigenvalue weighted by Crippen LogP contribution is 2.19. The molecule has 5 heteroatoms. The summed E-state index contributed by atoms with van der Waals surface area (Å²) in [6.07, 6.45) is 0.804. The van der Waals surface area contributed by atoms with Gasteiger partial charge in [0.05, 0.1) is 6.61 Å². The summed E-state index contributed by atoms with van der Waals surface area (Å²) in [7, 11) is 1.71. The van der Waals surface area contributed by atoms with Gasteiger partial charge in [-0.3, -0.25) is 9.59 Å². The van der Waals surface area contributed by atoms with Crippen LogP contribution in [-0.2, 0) is 11.2 Å². The van der Waals surface area contributed by atoms with Gasteiger partial charge < -0.3 is 15.0 Å². The maximum atomic E-state index is 12.6. The Balaban J connectivity index is 1.58. The van der Waals surface area contributed by atoms with E-state index < -0.39 is 0 Å². The van der Waals surface area contributed by atoms with Gasteiger partial charge in [0, 0.05) is 37.3 Å². The van der Waals surface area contributed by atoms with Crippen LogP contribution in [0.15, 0.2) is 78.9 Å². The molecule has 3 aromatic carbocycles. The van der Waals surface area contributed by atoms with E-state index in [-0.39, 0.29) is 11.8 Å².